The van der Waals surface area contributed by atoms with E-state index in [4.69, 9.17) is 9.47 Å². The van der Waals surface area contributed by atoms with Crippen LogP contribution in [-0.2, 0) is 20.9 Å². The average Bonchev–Trinajstić information content (AvgIpc) is 3.32. The predicted molar refractivity (Wildman–Crippen MR) is 155 cm³/mol. The van der Waals surface area contributed by atoms with E-state index < -0.39 is 35.9 Å². The summed E-state index contributed by atoms with van der Waals surface area (Å²) >= 11 is 0. The number of carbonyl (C=O) groups is 3. The average molecular weight is 569 g/mol. The number of amides is 2. The lowest BCUT2D eigenvalue weighted by atomic mass is 9.98. The summed E-state index contributed by atoms with van der Waals surface area (Å²) in [6.45, 7) is 1.75. The molecule has 0 bridgehead atoms. The molecule has 1 aliphatic rings. The van der Waals surface area contributed by atoms with Gasteiger partial charge in [0.25, 0.3) is 5.91 Å². The molecule has 2 atom stereocenters. The highest BCUT2D eigenvalue weighted by Crippen LogP contribution is 2.44. The first-order valence-electron chi connectivity index (χ1n) is 13.4. The van der Waals surface area contributed by atoms with E-state index in [-0.39, 0.29) is 30.4 Å². The lowest BCUT2D eigenvalue weighted by molar-refractivity contribution is -0.143. The molecule has 2 amide bonds. The second-order valence-electron chi connectivity index (χ2n) is 9.94. The van der Waals surface area contributed by atoms with Crippen LogP contribution >= 0.6 is 0 Å². The number of hydrogen-bond donors (Lipinski definition) is 3. The Morgan fingerprint density at radius 1 is 0.881 bits per heavy atom. The van der Waals surface area contributed by atoms with Crippen LogP contribution in [0.3, 0.4) is 0 Å². The van der Waals surface area contributed by atoms with Gasteiger partial charge < -0.3 is 19.9 Å². The molecule has 4 aromatic carbocycles. The molecule has 9 heteroatoms. The van der Waals surface area contributed by atoms with Crippen molar-refractivity contribution >= 4 is 23.7 Å². The smallest absolute Gasteiger partial charge is 0.411 e. The minimum Gasteiger partial charge on any atom is -0.480 e. The van der Waals surface area contributed by atoms with Gasteiger partial charge in [0, 0.05) is 11.5 Å². The van der Waals surface area contributed by atoms with Crippen LogP contribution in [0.25, 0.3) is 11.1 Å². The standard InChI is InChI=1S/C33H29FN2O6/c1-20(41-18-21-9-3-2-4-10-21)30(32(38)39)36-31(37)22-15-16-29(28(34)17-22)35-33(40)42-19-27-25-13-7-5-11-23(25)24-12-6-8-14-26(24)27/h2-17,20,27,30H,18-19H2,1H3,(H,35,40)(H,36,37)(H,38,39)/t20-,30+/m1/s1. The third-order valence-corrected chi connectivity index (χ3v) is 7.19. The molecule has 42 heavy (non-hydrogen) atoms. The van der Waals surface area contributed by atoms with Crippen LogP contribution in [0.15, 0.2) is 97.1 Å². The van der Waals surface area contributed by atoms with E-state index in [0.717, 1.165) is 33.9 Å². The van der Waals surface area contributed by atoms with Crippen LogP contribution in [0, 0.1) is 5.82 Å². The zero-order valence-corrected chi connectivity index (χ0v) is 22.8. The van der Waals surface area contributed by atoms with Gasteiger partial charge in [-0.15, -0.1) is 0 Å². The van der Waals surface area contributed by atoms with E-state index in [9.17, 15) is 23.9 Å². The maximum Gasteiger partial charge on any atom is 0.411 e. The van der Waals surface area contributed by atoms with Gasteiger partial charge in [-0.05, 0) is 52.9 Å². The van der Waals surface area contributed by atoms with E-state index in [1.165, 1.54) is 19.1 Å². The number of nitrogens with one attached hydrogen (secondary N) is 2. The quantitative estimate of drug-likeness (QED) is 0.217. The van der Waals surface area contributed by atoms with E-state index in [1.807, 2.05) is 78.9 Å². The van der Waals surface area contributed by atoms with Crippen molar-refractivity contribution < 1.29 is 33.4 Å². The number of carboxylic acid groups (broad SMARTS) is 1. The molecule has 0 heterocycles. The van der Waals surface area contributed by atoms with Crippen molar-refractivity contribution in [1.82, 2.24) is 5.32 Å². The zero-order valence-electron chi connectivity index (χ0n) is 22.8. The summed E-state index contributed by atoms with van der Waals surface area (Å²) in [4.78, 5) is 37.2. The molecular weight excluding hydrogens is 539 g/mol. The van der Waals surface area contributed by atoms with Crippen LogP contribution < -0.4 is 10.6 Å². The van der Waals surface area contributed by atoms with Gasteiger partial charge in [0.1, 0.15) is 12.4 Å². The molecule has 0 fully saturated rings. The number of carboxylic acids is 1. The van der Waals surface area contributed by atoms with Crippen LogP contribution in [0.4, 0.5) is 14.9 Å². The first kappa shape index (κ1) is 28.5. The van der Waals surface area contributed by atoms with Gasteiger partial charge in [-0.1, -0.05) is 78.9 Å². The molecule has 1 aliphatic carbocycles. The lowest BCUT2D eigenvalue weighted by Crippen LogP contribution is -2.48. The summed E-state index contributed by atoms with van der Waals surface area (Å²) in [5.41, 5.74) is 4.82. The number of carbonyl (C=O) groups excluding carboxylic acids is 2. The lowest BCUT2D eigenvalue weighted by Gasteiger charge is -2.22. The van der Waals surface area contributed by atoms with Gasteiger partial charge in [-0.2, -0.15) is 0 Å². The highest BCUT2D eigenvalue weighted by atomic mass is 19.1. The first-order chi connectivity index (χ1) is 20.3. The Labute approximate surface area is 242 Å². The molecule has 0 saturated carbocycles. The number of hydrogen-bond acceptors (Lipinski definition) is 5. The molecule has 8 nitrogen and oxygen atoms in total. The second kappa shape index (κ2) is 12.7. The Hall–Kier alpha value is -5.02. The zero-order chi connectivity index (χ0) is 29.6. The Morgan fingerprint density at radius 2 is 1.50 bits per heavy atom. The van der Waals surface area contributed by atoms with Crippen LogP contribution in [0.1, 0.15) is 39.9 Å². The van der Waals surface area contributed by atoms with Crippen molar-refractivity contribution in [1.29, 1.82) is 0 Å². The Morgan fingerprint density at radius 3 is 2.12 bits per heavy atom. The molecule has 0 aliphatic heterocycles. The van der Waals surface area contributed by atoms with Crippen LogP contribution in [0.2, 0.25) is 0 Å². The molecule has 0 unspecified atom stereocenters. The number of aliphatic carboxylic acids is 1. The third-order valence-electron chi connectivity index (χ3n) is 7.19. The normalized spacial score (nSPS) is 13.4. The molecule has 0 aromatic heterocycles. The molecule has 3 N–H and O–H groups in total. The van der Waals surface area contributed by atoms with Crippen molar-refractivity contribution in [3.8, 4) is 11.1 Å². The van der Waals surface area contributed by atoms with Crippen LogP contribution in [0.5, 0.6) is 0 Å². The molecule has 0 spiro atoms. The number of halogens is 1. The van der Waals surface area contributed by atoms with Gasteiger partial charge >= 0.3 is 12.1 Å². The molecule has 214 valence electrons. The molecular formula is C33H29FN2O6. The van der Waals surface area contributed by atoms with E-state index >= 15 is 0 Å². The first-order valence-corrected chi connectivity index (χ1v) is 13.4. The van der Waals surface area contributed by atoms with Gasteiger partial charge in [0.2, 0.25) is 0 Å². The van der Waals surface area contributed by atoms with Gasteiger partial charge in [0.15, 0.2) is 6.04 Å². The summed E-state index contributed by atoms with van der Waals surface area (Å²) in [6.07, 6.45) is -1.71. The maximum atomic E-state index is 14.9. The van der Waals surface area contributed by atoms with Crippen molar-refractivity contribution in [2.75, 3.05) is 11.9 Å². The number of fused-ring (bicyclic) bond motifs is 3. The van der Waals surface area contributed by atoms with Crippen molar-refractivity contribution in [3.63, 3.8) is 0 Å². The molecule has 0 radical (unpaired) electrons. The third kappa shape index (κ3) is 6.31. The fourth-order valence-electron chi connectivity index (χ4n) is 5.00. The topological polar surface area (TPSA) is 114 Å². The van der Waals surface area contributed by atoms with E-state index in [1.54, 1.807) is 0 Å². The summed E-state index contributed by atoms with van der Waals surface area (Å²) in [7, 11) is 0. The SMILES string of the molecule is C[C@@H](OCc1ccccc1)[C@H](NC(=O)c1ccc(NC(=O)OCC2c3ccccc3-c3ccccc32)c(F)c1)C(=O)O. The Balaban J connectivity index is 1.18. The predicted octanol–water partition coefficient (Wildman–Crippen LogP) is 5.98. The van der Waals surface area contributed by atoms with E-state index in [2.05, 4.69) is 10.6 Å². The van der Waals surface area contributed by atoms with Crippen molar-refractivity contribution in [3.05, 3.63) is 125 Å². The van der Waals surface area contributed by atoms with Crippen molar-refractivity contribution in [2.24, 2.45) is 0 Å². The number of rotatable bonds is 10. The number of anilines is 1. The summed E-state index contributed by atoms with van der Waals surface area (Å²) in [5.74, 6) is -3.13. The molecule has 5 rings (SSSR count). The molecule has 0 saturated heterocycles. The monoisotopic (exact) mass is 568 g/mol. The summed E-state index contributed by atoms with van der Waals surface area (Å²) in [6, 6.07) is 27.1. The minimum atomic E-state index is -1.37. The van der Waals surface area contributed by atoms with Crippen molar-refractivity contribution in [2.45, 2.75) is 31.6 Å². The minimum absolute atomic E-state index is 0.0586. The second-order valence-corrected chi connectivity index (χ2v) is 9.94. The Bertz CT molecular complexity index is 1560. The Kier molecular flexibility index (Phi) is 8.59. The van der Waals surface area contributed by atoms with Gasteiger partial charge in [0.05, 0.1) is 18.4 Å². The summed E-state index contributed by atoms with van der Waals surface area (Å²) in [5, 5.41) is 14.4. The fourth-order valence-corrected chi connectivity index (χ4v) is 5.00. The van der Waals surface area contributed by atoms with Gasteiger partial charge in [-0.25, -0.2) is 14.0 Å². The highest BCUT2D eigenvalue weighted by molar-refractivity contribution is 5.97. The van der Waals surface area contributed by atoms with E-state index in [0.29, 0.717) is 0 Å². The maximum absolute atomic E-state index is 14.9. The number of benzene rings is 4. The molecule has 4 aromatic rings. The largest absolute Gasteiger partial charge is 0.480 e. The highest BCUT2D eigenvalue weighted by Gasteiger charge is 2.30. The number of ether oxygens (including phenoxy) is 2. The van der Waals surface area contributed by atoms with Gasteiger partial charge in [-0.3, -0.25) is 10.1 Å². The summed E-state index contributed by atoms with van der Waals surface area (Å²) < 4.78 is 26.0. The van der Waals surface area contributed by atoms with Crippen LogP contribution in [-0.4, -0.2) is 41.8 Å². The fraction of sp³-hybridized carbons (Fsp3) is 0.182.